The number of nitrogens with one attached hydrogen (secondary N) is 1. The van der Waals surface area contributed by atoms with Gasteiger partial charge in [0.2, 0.25) is 0 Å². The molecule has 3 aromatic rings. The van der Waals surface area contributed by atoms with Gasteiger partial charge in [-0.1, -0.05) is 48.5 Å². The van der Waals surface area contributed by atoms with Gasteiger partial charge in [0.25, 0.3) is 0 Å². The van der Waals surface area contributed by atoms with Crippen LogP contribution in [0.15, 0.2) is 66.9 Å². The van der Waals surface area contributed by atoms with Crippen molar-refractivity contribution in [3.63, 3.8) is 0 Å². The molecular weight excluding hydrogens is 416 g/mol. The highest BCUT2D eigenvalue weighted by Gasteiger charge is 2.52. The van der Waals surface area contributed by atoms with E-state index in [1.807, 2.05) is 36.4 Å². The number of esters is 1. The predicted octanol–water partition coefficient (Wildman–Crippen LogP) is 3.97. The first-order chi connectivity index (χ1) is 16.1. The molecule has 33 heavy (non-hydrogen) atoms. The number of carbonyl (C=O) groups is 2. The van der Waals surface area contributed by atoms with Gasteiger partial charge in [0, 0.05) is 25.0 Å². The number of nitrogens with zero attached hydrogens (tertiary/aromatic N) is 3. The minimum atomic E-state index is -0.422. The Morgan fingerprint density at radius 2 is 1.58 bits per heavy atom. The minimum absolute atomic E-state index is 0.105. The molecule has 3 saturated heterocycles. The SMILES string of the molecule is O=C(OC1C[N+]2(C(=O)Nc3cccnn3)CCC1CC2)C1c2ccccc2-c2ccccc21. The standard InChI is InChI=1S/C26H24N4O3/c31-25(24-20-8-3-1-6-18(20)19-7-2-4-9-21(19)24)33-22-16-30(14-11-17(22)12-15-30)26(32)28-23-10-5-13-27-29-23/h1-10,13,17,22,24H,11-12,14-16H2/p+1. The molecule has 3 fully saturated rings. The summed E-state index contributed by atoms with van der Waals surface area (Å²) < 4.78 is 6.45. The smallest absolute Gasteiger partial charge is 0.422 e. The van der Waals surface area contributed by atoms with Crippen LogP contribution in [0.1, 0.15) is 29.9 Å². The Bertz CT molecular complexity index is 1180. The second kappa shape index (κ2) is 7.78. The zero-order valence-electron chi connectivity index (χ0n) is 18.2. The molecule has 7 rings (SSSR count). The average molecular weight is 442 g/mol. The number of ether oxygens (including phenoxy) is 1. The number of piperidine rings is 3. The zero-order chi connectivity index (χ0) is 22.4. The summed E-state index contributed by atoms with van der Waals surface area (Å²) in [6.07, 6.45) is 3.03. The number of anilines is 1. The molecule has 3 aliphatic heterocycles. The first-order valence-electron chi connectivity index (χ1n) is 11.5. The van der Waals surface area contributed by atoms with Crippen LogP contribution >= 0.6 is 0 Å². The number of urea groups is 1. The predicted molar refractivity (Wildman–Crippen MR) is 122 cm³/mol. The van der Waals surface area contributed by atoms with Gasteiger partial charge in [-0.3, -0.25) is 10.1 Å². The summed E-state index contributed by atoms with van der Waals surface area (Å²) in [7, 11) is 0. The summed E-state index contributed by atoms with van der Waals surface area (Å²) in [6.45, 7) is 2.00. The largest absolute Gasteiger partial charge is 0.455 e. The molecule has 7 heteroatoms. The van der Waals surface area contributed by atoms with Gasteiger partial charge in [0.15, 0.2) is 11.9 Å². The van der Waals surface area contributed by atoms with E-state index in [9.17, 15) is 9.59 Å². The van der Waals surface area contributed by atoms with E-state index in [2.05, 4.69) is 27.6 Å². The quantitative estimate of drug-likeness (QED) is 0.491. The molecule has 2 bridgehead atoms. The topological polar surface area (TPSA) is 81.2 Å². The second-order valence-corrected chi connectivity index (χ2v) is 9.23. The first-order valence-corrected chi connectivity index (χ1v) is 11.5. The van der Waals surface area contributed by atoms with Gasteiger partial charge in [-0.2, -0.15) is 5.10 Å². The third kappa shape index (κ3) is 3.31. The molecule has 4 heterocycles. The van der Waals surface area contributed by atoms with Crippen LogP contribution in [0.3, 0.4) is 0 Å². The molecule has 1 N–H and O–H groups in total. The molecule has 1 aromatic heterocycles. The Morgan fingerprint density at radius 3 is 2.21 bits per heavy atom. The number of aromatic nitrogens is 2. The monoisotopic (exact) mass is 441 g/mol. The Balaban J connectivity index is 1.23. The number of hydrogen-bond donors (Lipinski definition) is 1. The van der Waals surface area contributed by atoms with Crippen LogP contribution < -0.4 is 5.32 Å². The Morgan fingerprint density at radius 1 is 0.909 bits per heavy atom. The molecule has 0 radical (unpaired) electrons. The molecule has 2 amide bonds. The van der Waals surface area contributed by atoms with Crippen molar-refractivity contribution in [2.75, 3.05) is 25.0 Å². The zero-order valence-corrected chi connectivity index (χ0v) is 18.2. The van der Waals surface area contributed by atoms with E-state index in [1.54, 1.807) is 18.3 Å². The van der Waals surface area contributed by atoms with E-state index in [4.69, 9.17) is 4.74 Å². The molecule has 1 aliphatic carbocycles. The van der Waals surface area contributed by atoms with E-state index >= 15 is 0 Å². The van der Waals surface area contributed by atoms with Crippen molar-refractivity contribution in [1.82, 2.24) is 10.2 Å². The van der Waals surface area contributed by atoms with Gasteiger partial charge < -0.3 is 4.74 Å². The van der Waals surface area contributed by atoms with Gasteiger partial charge in [0.1, 0.15) is 12.5 Å². The van der Waals surface area contributed by atoms with E-state index in [0.29, 0.717) is 18.3 Å². The Hall–Kier alpha value is -3.58. The number of fused-ring (bicyclic) bond motifs is 6. The van der Waals surface area contributed by atoms with Crippen LogP contribution in [0, 0.1) is 5.92 Å². The number of hydrogen-bond acceptors (Lipinski definition) is 5. The van der Waals surface area contributed by atoms with Crippen molar-refractivity contribution in [2.24, 2.45) is 5.92 Å². The summed E-state index contributed by atoms with van der Waals surface area (Å²) in [5.41, 5.74) is 4.18. The van der Waals surface area contributed by atoms with Crippen molar-refractivity contribution in [2.45, 2.75) is 24.9 Å². The number of amides is 2. The first kappa shape index (κ1) is 20.1. The van der Waals surface area contributed by atoms with Crippen LogP contribution in [-0.4, -0.2) is 52.4 Å². The third-order valence-electron chi connectivity index (χ3n) is 7.49. The lowest BCUT2D eigenvalue weighted by Gasteiger charge is -2.49. The van der Waals surface area contributed by atoms with E-state index in [-0.39, 0.29) is 22.6 Å². The van der Waals surface area contributed by atoms with Gasteiger partial charge in [-0.15, -0.1) is 5.10 Å². The molecule has 1 unspecified atom stereocenters. The number of benzene rings is 2. The van der Waals surface area contributed by atoms with E-state index < -0.39 is 5.92 Å². The highest BCUT2D eigenvalue weighted by atomic mass is 16.5. The average Bonchev–Trinajstić information content (AvgIpc) is 3.20. The number of rotatable bonds is 3. The van der Waals surface area contributed by atoms with Crippen LogP contribution in [-0.2, 0) is 9.53 Å². The Labute approximate surface area is 192 Å². The number of quaternary nitrogens is 1. The summed E-state index contributed by atoms with van der Waals surface area (Å²) >= 11 is 0. The molecule has 0 spiro atoms. The fourth-order valence-electron chi connectivity index (χ4n) is 5.77. The van der Waals surface area contributed by atoms with Crippen molar-refractivity contribution in [3.8, 4) is 11.1 Å². The molecule has 1 atom stereocenters. The van der Waals surface area contributed by atoms with Crippen LogP contribution in [0.5, 0.6) is 0 Å². The molecule has 0 saturated carbocycles. The lowest BCUT2D eigenvalue weighted by molar-refractivity contribution is -0.869. The maximum atomic E-state index is 13.5. The summed E-state index contributed by atoms with van der Waals surface area (Å²) in [4.78, 5) is 26.7. The van der Waals surface area contributed by atoms with Crippen molar-refractivity contribution < 1.29 is 18.8 Å². The molecular formula is C26H25N4O3+. The van der Waals surface area contributed by atoms with Crippen molar-refractivity contribution >= 4 is 17.8 Å². The molecule has 7 nitrogen and oxygen atoms in total. The minimum Gasteiger partial charge on any atom is -0.455 e. The maximum absolute atomic E-state index is 13.5. The highest BCUT2D eigenvalue weighted by Crippen LogP contribution is 2.46. The summed E-state index contributed by atoms with van der Waals surface area (Å²) in [5.74, 6) is 0.0916. The van der Waals surface area contributed by atoms with E-state index in [0.717, 1.165) is 48.2 Å². The van der Waals surface area contributed by atoms with Crippen LogP contribution in [0.2, 0.25) is 0 Å². The van der Waals surface area contributed by atoms with Crippen molar-refractivity contribution in [3.05, 3.63) is 78.0 Å². The summed E-state index contributed by atoms with van der Waals surface area (Å²) in [5, 5.41) is 10.7. The van der Waals surface area contributed by atoms with Gasteiger partial charge >= 0.3 is 12.0 Å². The second-order valence-electron chi connectivity index (χ2n) is 9.23. The molecule has 166 valence electrons. The highest BCUT2D eigenvalue weighted by molar-refractivity contribution is 5.93. The lowest BCUT2D eigenvalue weighted by atomic mass is 9.83. The number of carbonyl (C=O) groups excluding carboxylic acids is 2. The van der Waals surface area contributed by atoms with Crippen LogP contribution in [0.4, 0.5) is 10.6 Å². The molecule has 4 aliphatic rings. The Kier molecular flexibility index (Phi) is 4.73. The fraction of sp³-hybridized carbons (Fsp3) is 0.308. The fourth-order valence-corrected chi connectivity index (χ4v) is 5.77. The summed E-state index contributed by atoms with van der Waals surface area (Å²) in [6, 6.07) is 19.5. The van der Waals surface area contributed by atoms with Gasteiger partial charge in [0.05, 0.1) is 13.1 Å². The van der Waals surface area contributed by atoms with Crippen LogP contribution in [0.25, 0.3) is 11.1 Å². The third-order valence-corrected chi connectivity index (χ3v) is 7.49. The lowest BCUT2D eigenvalue weighted by Crippen LogP contribution is -2.68. The normalized spacial score (nSPS) is 25.2. The van der Waals surface area contributed by atoms with Crippen molar-refractivity contribution in [1.29, 1.82) is 0 Å². The van der Waals surface area contributed by atoms with Gasteiger partial charge in [-0.25, -0.2) is 9.28 Å². The molecule has 2 aromatic carbocycles. The maximum Gasteiger partial charge on any atom is 0.422 e. The van der Waals surface area contributed by atoms with E-state index in [1.165, 1.54) is 0 Å². The van der Waals surface area contributed by atoms with Gasteiger partial charge in [-0.05, 0) is 34.4 Å².